The summed E-state index contributed by atoms with van der Waals surface area (Å²) in [5.74, 6) is 11.6. The molecule has 3 N–H and O–H groups in total. The van der Waals surface area contributed by atoms with Gasteiger partial charge in [0.15, 0.2) is 5.67 Å². The quantitative estimate of drug-likeness (QED) is 0.0859. The highest BCUT2D eigenvalue weighted by Crippen LogP contribution is 2.53. The molecule has 0 spiro atoms. The predicted molar refractivity (Wildman–Crippen MR) is 548 cm³/mol. The molecular weight excluding hydrogens is 1720 g/mol. The fourth-order valence-electron chi connectivity index (χ4n) is 21.9. The number of alkyl halides is 1. The van der Waals surface area contributed by atoms with Gasteiger partial charge in [-0.05, 0) is 328 Å². The SMILES string of the molecule is CC1=NCC(C)=C1c1cc(-c2c(C)noc2C)cc2[nH]c(C3(F)CC3)nc12.CC1=NCC(C)=C1c1cc(-c2c(C)noc2C)cc2[nH]c(C3CC3)nc12.CC1=NCC(C)=C1c1cc(-c2c(C)noc2C)cc2[nH]c(C3CCC3)nc12.Cc1ccc2ccccc2c1-c1cc(-c2c(C)noc2C)cc2nc(C3CC3)n(C)c12.Cc1ccn(C)c1-c1cc(-c2c(C)noc2C)cc2nc(C3CC3)n(C)c12. The van der Waals surface area contributed by atoms with E-state index < -0.39 is 5.67 Å². The van der Waals surface area contributed by atoms with E-state index in [1.165, 1.54) is 158 Å². The summed E-state index contributed by atoms with van der Waals surface area (Å²) in [7, 11) is 6.43. The van der Waals surface area contributed by atoms with E-state index in [9.17, 15) is 4.39 Å². The second-order valence-electron chi connectivity index (χ2n) is 40.0. The Balaban J connectivity index is 0.0000000997. The van der Waals surface area contributed by atoms with Gasteiger partial charge in [-0.3, -0.25) is 15.0 Å². The molecule has 14 heterocycles. The van der Waals surface area contributed by atoms with Gasteiger partial charge in [0.1, 0.15) is 57.9 Å². The summed E-state index contributed by atoms with van der Waals surface area (Å²) in [5, 5.41) is 23.3. The van der Waals surface area contributed by atoms with Crippen LogP contribution in [0.4, 0.5) is 4.39 Å². The Morgan fingerprint density at radius 3 is 1.09 bits per heavy atom. The van der Waals surface area contributed by atoms with E-state index in [-0.39, 0.29) is 0 Å². The Kier molecular flexibility index (Phi) is 22.0. The molecule has 26 rings (SSSR count). The fraction of sp³-hybridized carbons (Fsp3) is 0.354. The molecule has 3 aliphatic heterocycles. The lowest BCUT2D eigenvalue weighted by Gasteiger charge is -2.22. The first-order chi connectivity index (χ1) is 66.4. The van der Waals surface area contributed by atoms with Crippen LogP contribution < -0.4 is 0 Å². The summed E-state index contributed by atoms with van der Waals surface area (Å²) in [5.41, 5.74) is 45.7. The number of aliphatic imine (C=N–C) groups is 3. The van der Waals surface area contributed by atoms with Crippen LogP contribution in [0.25, 0.3) is 161 Å². The van der Waals surface area contributed by atoms with Crippen molar-refractivity contribution in [2.75, 3.05) is 19.6 Å². The Morgan fingerprint density at radius 1 is 0.362 bits per heavy atom. The molecule has 0 unspecified atom stereocenters. The molecule has 24 nitrogen and oxygen atoms in total. The number of fused-ring (bicyclic) bond motifs is 6. The van der Waals surface area contributed by atoms with Crippen molar-refractivity contribution in [3.63, 3.8) is 0 Å². The number of H-pyrrole nitrogens is 3. The summed E-state index contributed by atoms with van der Waals surface area (Å²) in [6, 6.07) is 37.2. The van der Waals surface area contributed by atoms with Crippen LogP contribution in [-0.4, -0.2) is 116 Å². The lowest BCUT2D eigenvalue weighted by Crippen LogP contribution is -2.10. The smallest absolute Gasteiger partial charge is 0.168 e. The number of halogens is 1. The first-order valence-corrected chi connectivity index (χ1v) is 48.6. The van der Waals surface area contributed by atoms with Crippen molar-refractivity contribution in [2.24, 2.45) is 36.1 Å². The minimum atomic E-state index is -1.30. The van der Waals surface area contributed by atoms with Gasteiger partial charge in [-0.15, -0.1) is 0 Å². The zero-order valence-corrected chi connectivity index (χ0v) is 82.7. The molecule has 0 bridgehead atoms. The third kappa shape index (κ3) is 15.6. The van der Waals surface area contributed by atoms with Crippen LogP contribution in [0, 0.1) is 83.1 Å². The minimum absolute atomic E-state index is 0.431. The number of aromatic amines is 3. The Hall–Kier alpha value is -14.4. The number of rotatable bonds is 15. The van der Waals surface area contributed by atoms with E-state index in [2.05, 4.69) is 247 Å². The van der Waals surface area contributed by atoms with Gasteiger partial charge in [-0.2, -0.15) is 0 Å². The Bertz CT molecular complexity index is 8170. The van der Waals surface area contributed by atoms with Crippen LogP contribution in [0.15, 0.2) is 164 Å². The third-order valence-electron chi connectivity index (χ3n) is 29.6. The summed E-state index contributed by atoms with van der Waals surface area (Å²) in [6.07, 6.45) is 14.4. The van der Waals surface area contributed by atoms with Crippen LogP contribution in [0.3, 0.4) is 0 Å². The average molecular weight is 1840 g/mol. The van der Waals surface area contributed by atoms with Crippen molar-refractivity contribution >= 4 is 99.8 Å². The van der Waals surface area contributed by atoms with Crippen LogP contribution in [0.5, 0.6) is 0 Å². The van der Waals surface area contributed by atoms with Crippen molar-refractivity contribution in [1.29, 1.82) is 0 Å². The molecule has 7 aromatic carbocycles. The van der Waals surface area contributed by atoms with Crippen LogP contribution in [0.1, 0.15) is 250 Å². The molecule has 0 atom stereocenters. The van der Waals surface area contributed by atoms with Gasteiger partial charge in [0.05, 0.1) is 109 Å². The van der Waals surface area contributed by atoms with Crippen LogP contribution in [-0.2, 0) is 26.8 Å². The van der Waals surface area contributed by atoms with E-state index in [4.69, 9.17) is 42.6 Å². The first-order valence-electron chi connectivity index (χ1n) is 48.6. The maximum absolute atomic E-state index is 14.7. The van der Waals surface area contributed by atoms with Crippen molar-refractivity contribution in [3.05, 3.63) is 240 Å². The third-order valence-corrected chi connectivity index (χ3v) is 29.6. The summed E-state index contributed by atoms with van der Waals surface area (Å²) < 4.78 is 48.6. The molecule has 0 radical (unpaired) electrons. The summed E-state index contributed by atoms with van der Waals surface area (Å²) >= 11 is 0. The van der Waals surface area contributed by atoms with E-state index >= 15 is 0 Å². The highest BCUT2D eigenvalue weighted by molar-refractivity contribution is 6.29. The Labute approximate surface area is 800 Å². The van der Waals surface area contributed by atoms with Gasteiger partial charge in [0.2, 0.25) is 0 Å². The standard InChI is InChI=1S/C27H25N3O.2C22H24N4O.C21H21FN4O.C21H22N4O/c1-15-9-10-18-7-5-6-8-21(18)24(15)22-13-20(25-16(2)29-31-17(25)3)14-23-26(22)30(4)27(28-23)19-11-12-19;1-12-8-9-25(4)20(12)17-10-16(19-13(2)24-27-14(19)3)11-18-21(17)26(5)22(23-18)15-6-7-15;1-11-10-23-12(2)19(11)17-8-16(20-13(3)26-27-14(20)4)9-18-21(17)25-22(24-18)15-6-5-7-15;1-10-9-23-11(2)17(10)15-7-14(18-12(3)26-27-13(18)4)8-16-19(15)25-20(24-16)21(22)5-6-21;1-10-9-22-11(2)18(10)16-7-15(19-12(3)25-26-13(19)4)8-17-20(16)24-21(23-17)14-5-6-14/h5-10,13-14,19H,11-12H2,1-4H3;8-11,15H,6-7H2,1-5H3;8-9,15H,5-7,10H2,1-4H3,(H,24,25);7-8H,5-6,9H2,1-4H3,(H,24,25);7-8,14H,5-6,9H2,1-4H3,(H,23,24). The molecule has 18 aromatic rings. The number of imidazole rings is 5. The number of aromatic nitrogens is 16. The highest BCUT2D eigenvalue weighted by atomic mass is 19.1. The van der Waals surface area contributed by atoms with Gasteiger partial charge >= 0.3 is 0 Å². The molecule has 5 aliphatic carbocycles. The number of benzene rings is 7. The number of nitrogens with one attached hydrogen (secondary N) is 3. The number of allylic oxidation sites excluding steroid dienone is 3. The number of aryl methyl sites for hydroxylation is 15. The Morgan fingerprint density at radius 2 is 0.732 bits per heavy atom. The largest absolute Gasteiger partial charge is 0.361 e. The molecule has 5 saturated carbocycles. The molecule has 25 heteroatoms. The topological polar surface area (TPSA) is 294 Å². The van der Waals surface area contributed by atoms with Crippen LogP contribution in [0.2, 0.25) is 0 Å². The fourth-order valence-corrected chi connectivity index (χ4v) is 21.9. The zero-order valence-electron chi connectivity index (χ0n) is 82.7. The van der Waals surface area contributed by atoms with E-state index in [1.54, 1.807) is 0 Å². The molecule has 138 heavy (non-hydrogen) atoms. The number of hydrogen-bond donors (Lipinski definition) is 3. The normalized spacial score (nSPS) is 16.3. The van der Waals surface area contributed by atoms with Crippen LogP contribution >= 0.6 is 0 Å². The molecule has 11 aromatic heterocycles. The monoisotopic (exact) mass is 1840 g/mol. The predicted octanol–water partition coefficient (Wildman–Crippen LogP) is 27.2. The van der Waals surface area contributed by atoms with Gasteiger partial charge in [0, 0.05) is 141 Å². The van der Waals surface area contributed by atoms with Gasteiger partial charge < -0.3 is 51.3 Å². The average Bonchev–Trinajstić information content (AvgIpc) is 1.58. The highest BCUT2D eigenvalue weighted by Gasteiger charge is 2.48. The molecule has 0 amide bonds. The van der Waals surface area contributed by atoms with Crippen molar-refractivity contribution < 1.29 is 27.0 Å². The van der Waals surface area contributed by atoms with Gasteiger partial charge in [-0.1, -0.05) is 68.6 Å². The maximum atomic E-state index is 14.7. The van der Waals surface area contributed by atoms with Crippen molar-refractivity contribution in [2.45, 2.75) is 225 Å². The zero-order chi connectivity index (χ0) is 95.8. The van der Waals surface area contributed by atoms with Gasteiger partial charge in [-0.25, -0.2) is 29.3 Å². The van der Waals surface area contributed by atoms with Gasteiger partial charge in [0.25, 0.3) is 0 Å². The number of hydrogen-bond acceptors (Lipinski definition) is 18. The summed E-state index contributed by atoms with van der Waals surface area (Å²) in [4.78, 5) is 49.1. The summed E-state index contributed by atoms with van der Waals surface area (Å²) in [6.45, 7) is 39.0. The molecule has 0 saturated heterocycles. The van der Waals surface area contributed by atoms with Crippen molar-refractivity contribution in [1.82, 2.24) is 79.4 Å². The maximum Gasteiger partial charge on any atom is 0.168 e. The molecule has 700 valence electrons. The first kappa shape index (κ1) is 88.9. The van der Waals surface area contributed by atoms with E-state index in [1.807, 2.05) is 82.2 Å². The van der Waals surface area contributed by atoms with E-state index in [0.717, 1.165) is 216 Å². The lowest BCUT2D eigenvalue weighted by atomic mass is 9.85. The minimum Gasteiger partial charge on any atom is -0.361 e. The second-order valence-corrected chi connectivity index (χ2v) is 40.0. The number of nitrogens with zero attached hydrogens (tertiary/aromatic N) is 16. The molecule has 8 aliphatic rings. The lowest BCUT2D eigenvalue weighted by molar-refractivity contribution is 0.303. The van der Waals surface area contributed by atoms with Crippen molar-refractivity contribution in [3.8, 4) is 78.0 Å². The second kappa shape index (κ2) is 34.1. The molecular formula is C113H116FN19O5. The molecule has 5 fully saturated rings. The van der Waals surface area contributed by atoms with E-state index in [0.29, 0.717) is 48.9 Å².